The Hall–Kier alpha value is -5.20. The second kappa shape index (κ2) is 9.91. The van der Waals surface area contributed by atoms with Gasteiger partial charge in [0.15, 0.2) is 0 Å². The molecule has 0 saturated carbocycles. The molecule has 1 unspecified atom stereocenters. The van der Waals surface area contributed by atoms with Crippen LogP contribution in [-0.4, -0.2) is 4.57 Å². The highest BCUT2D eigenvalue weighted by atomic mass is 32.1. The van der Waals surface area contributed by atoms with E-state index in [2.05, 4.69) is 115 Å². The average molecular weight is 612 g/mol. The standard InChI is InChI=1S/C40H25N3S2/c1-23-14-38-32(18-27(23)22-42)34-19-33-31-17-26(12-13-37(31)44-39(33)20-40(34)45-38)25-11-10-24(21-41)15-28(16-25)43-35-8-4-2-6-29(35)30-7-3-5-9-36(30)43/h2-13,15,17-20,23H,14,16H2,1H3. The summed E-state index contributed by atoms with van der Waals surface area (Å²) >= 11 is 3.72. The third-order valence-electron chi connectivity index (χ3n) is 9.37. The predicted molar refractivity (Wildman–Crippen MR) is 191 cm³/mol. The van der Waals surface area contributed by atoms with Gasteiger partial charge >= 0.3 is 0 Å². The fourth-order valence-electron chi connectivity index (χ4n) is 7.14. The van der Waals surface area contributed by atoms with Crippen LogP contribution in [0.4, 0.5) is 0 Å². The summed E-state index contributed by atoms with van der Waals surface area (Å²) in [6.45, 7) is 2.15. The van der Waals surface area contributed by atoms with Crippen molar-refractivity contribution in [1.82, 2.24) is 4.57 Å². The highest BCUT2D eigenvalue weighted by Crippen LogP contribution is 2.45. The van der Waals surface area contributed by atoms with E-state index in [1.165, 1.54) is 57.0 Å². The van der Waals surface area contributed by atoms with Crippen LogP contribution < -0.4 is 0 Å². The lowest BCUT2D eigenvalue weighted by atomic mass is 9.88. The molecule has 0 amide bonds. The Morgan fingerprint density at radius 1 is 0.711 bits per heavy atom. The topological polar surface area (TPSA) is 52.5 Å². The summed E-state index contributed by atoms with van der Waals surface area (Å²) in [5.41, 5.74) is 8.47. The predicted octanol–water partition coefficient (Wildman–Crippen LogP) is 11.3. The normalized spacial score (nSPS) is 16.6. The minimum Gasteiger partial charge on any atom is -0.313 e. The van der Waals surface area contributed by atoms with Crippen LogP contribution in [0.1, 0.15) is 29.3 Å². The van der Waals surface area contributed by atoms with Crippen LogP contribution in [0.5, 0.6) is 0 Å². The quantitative estimate of drug-likeness (QED) is 0.195. The van der Waals surface area contributed by atoms with Crippen molar-refractivity contribution in [3.05, 3.63) is 124 Å². The van der Waals surface area contributed by atoms with E-state index in [4.69, 9.17) is 0 Å². The monoisotopic (exact) mass is 611 g/mol. The van der Waals surface area contributed by atoms with E-state index in [9.17, 15) is 10.5 Å². The van der Waals surface area contributed by atoms with Crippen LogP contribution >= 0.6 is 22.7 Å². The van der Waals surface area contributed by atoms with Gasteiger partial charge in [0.1, 0.15) is 0 Å². The second-order valence-corrected chi connectivity index (χ2v) is 14.2. The Morgan fingerprint density at radius 2 is 1.44 bits per heavy atom. The van der Waals surface area contributed by atoms with Crippen molar-refractivity contribution in [1.29, 1.82) is 10.5 Å². The van der Waals surface area contributed by atoms with Crippen molar-refractivity contribution < 1.29 is 0 Å². The number of thiophene rings is 2. The van der Waals surface area contributed by atoms with E-state index in [-0.39, 0.29) is 5.92 Å². The minimum atomic E-state index is 0.268. The molecular weight excluding hydrogens is 587 g/mol. The van der Waals surface area contributed by atoms with Gasteiger partial charge < -0.3 is 4.57 Å². The lowest BCUT2D eigenvalue weighted by molar-refractivity contribution is 0.700. The zero-order valence-electron chi connectivity index (χ0n) is 24.5. The summed E-state index contributed by atoms with van der Waals surface area (Å²) < 4.78 is 6.18. The fraction of sp³-hybridized carbons (Fsp3) is 0.100. The van der Waals surface area contributed by atoms with Gasteiger partial charge in [-0.05, 0) is 83.7 Å². The number of benzene rings is 4. The molecule has 2 aliphatic rings. The first-order valence-electron chi connectivity index (χ1n) is 15.1. The van der Waals surface area contributed by atoms with Gasteiger partial charge in [-0.25, -0.2) is 0 Å². The molecular formula is C40H25N3S2. The molecule has 3 heterocycles. The molecule has 1 atom stereocenters. The van der Waals surface area contributed by atoms with Crippen molar-refractivity contribution in [3.8, 4) is 12.1 Å². The number of hydrogen-bond acceptors (Lipinski definition) is 4. The molecule has 0 bridgehead atoms. The van der Waals surface area contributed by atoms with Crippen molar-refractivity contribution in [2.24, 2.45) is 5.92 Å². The van der Waals surface area contributed by atoms with E-state index in [0.29, 0.717) is 12.0 Å². The van der Waals surface area contributed by atoms with Gasteiger partial charge in [-0.2, -0.15) is 10.5 Å². The van der Waals surface area contributed by atoms with Crippen LogP contribution in [0.15, 0.2) is 108 Å². The fourth-order valence-corrected chi connectivity index (χ4v) is 9.66. The first kappa shape index (κ1) is 26.2. The van der Waals surface area contributed by atoms with Crippen LogP contribution in [0.2, 0.25) is 0 Å². The van der Waals surface area contributed by atoms with Gasteiger partial charge in [0.2, 0.25) is 0 Å². The third-order valence-corrected chi connectivity index (χ3v) is 11.7. The molecule has 212 valence electrons. The molecule has 9 rings (SSSR count). The Labute approximate surface area is 268 Å². The summed E-state index contributed by atoms with van der Waals surface area (Å²) in [5.74, 6) is 0.268. The lowest BCUT2D eigenvalue weighted by Crippen LogP contribution is -2.06. The van der Waals surface area contributed by atoms with Crippen molar-refractivity contribution in [3.63, 3.8) is 0 Å². The SMILES string of the molecule is CC1Cc2sc3cc4sc5ccc(C6=CC=C(C#N)C=C(n7c8ccccc8c8ccccc87)C6)cc5c4cc3c2C=C1C#N. The molecule has 3 nitrogen and oxygen atoms in total. The number of fused-ring (bicyclic) bond motifs is 9. The molecule has 45 heavy (non-hydrogen) atoms. The zero-order chi connectivity index (χ0) is 30.2. The number of hydrogen-bond donors (Lipinski definition) is 0. The number of nitrogens with zero attached hydrogens (tertiary/aromatic N) is 3. The number of nitriles is 2. The van der Waals surface area contributed by atoms with Gasteiger partial charge in [0.05, 0.1) is 28.7 Å². The Kier molecular flexibility index (Phi) is 5.77. The summed E-state index contributed by atoms with van der Waals surface area (Å²) in [4.78, 5) is 1.38. The van der Waals surface area contributed by atoms with E-state index < -0.39 is 0 Å². The molecule has 4 aromatic carbocycles. The molecule has 7 aromatic rings. The van der Waals surface area contributed by atoms with Gasteiger partial charge in [-0.3, -0.25) is 0 Å². The van der Waals surface area contributed by atoms with Crippen molar-refractivity contribution >= 4 is 92.1 Å². The summed E-state index contributed by atoms with van der Waals surface area (Å²) in [5, 5.41) is 25.9. The van der Waals surface area contributed by atoms with Crippen LogP contribution in [0.3, 0.4) is 0 Å². The summed E-state index contributed by atoms with van der Waals surface area (Å²) in [6, 6.07) is 33.4. The highest BCUT2D eigenvalue weighted by Gasteiger charge is 2.23. The maximum Gasteiger partial charge on any atom is 0.0992 e. The smallest absolute Gasteiger partial charge is 0.0992 e. The first-order chi connectivity index (χ1) is 22.1. The molecule has 2 aliphatic carbocycles. The Bertz CT molecular complexity index is 2580. The van der Waals surface area contributed by atoms with Crippen molar-refractivity contribution in [2.75, 3.05) is 0 Å². The van der Waals surface area contributed by atoms with E-state index >= 15 is 0 Å². The van der Waals surface area contributed by atoms with Crippen LogP contribution in [0.25, 0.3) is 69.4 Å². The van der Waals surface area contributed by atoms with Gasteiger partial charge in [0.25, 0.3) is 0 Å². The average Bonchev–Trinajstić information content (AvgIpc) is 3.65. The summed E-state index contributed by atoms with van der Waals surface area (Å²) in [7, 11) is 0. The van der Waals surface area contributed by atoms with Crippen LogP contribution in [-0.2, 0) is 6.42 Å². The number of para-hydroxylation sites is 2. The molecule has 0 spiro atoms. The molecule has 0 radical (unpaired) electrons. The van der Waals surface area contributed by atoms with E-state index in [1.54, 1.807) is 0 Å². The van der Waals surface area contributed by atoms with Crippen molar-refractivity contribution in [2.45, 2.75) is 19.8 Å². The van der Waals surface area contributed by atoms with E-state index in [0.717, 1.165) is 34.3 Å². The number of aromatic nitrogens is 1. The second-order valence-electron chi connectivity index (χ2n) is 12.0. The molecule has 0 N–H and O–H groups in total. The Balaban J connectivity index is 1.20. The number of rotatable bonds is 2. The number of allylic oxidation sites excluding steroid dienone is 7. The van der Waals surface area contributed by atoms with Gasteiger partial charge in [0, 0.05) is 63.6 Å². The molecule has 0 saturated heterocycles. The van der Waals surface area contributed by atoms with Gasteiger partial charge in [-0.1, -0.05) is 55.5 Å². The van der Waals surface area contributed by atoms with Gasteiger partial charge in [-0.15, -0.1) is 22.7 Å². The molecule has 0 fully saturated rings. The zero-order valence-corrected chi connectivity index (χ0v) is 26.1. The molecule has 3 aromatic heterocycles. The molecule has 0 aliphatic heterocycles. The lowest BCUT2D eigenvalue weighted by Gasteiger charge is -2.15. The van der Waals surface area contributed by atoms with Crippen LogP contribution in [0, 0.1) is 28.6 Å². The maximum atomic E-state index is 10.0. The first-order valence-corrected chi connectivity index (χ1v) is 16.8. The Morgan fingerprint density at radius 3 is 2.20 bits per heavy atom. The largest absolute Gasteiger partial charge is 0.313 e. The summed E-state index contributed by atoms with van der Waals surface area (Å²) in [6.07, 6.45) is 9.86. The maximum absolute atomic E-state index is 10.0. The minimum absolute atomic E-state index is 0.268. The third kappa shape index (κ3) is 3.99. The van der Waals surface area contributed by atoms with E-state index in [1.807, 2.05) is 34.8 Å². The highest BCUT2D eigenvalue weighted by molar-refractivity contribution is 7.26. The molecule has 5 heteroatoms.